The van der Waals surface area contributed by atoms with Gasteiger partial charge in [-0.15, -0.1) is 11.8 Å². The lowest BCUT2D eigenvalue weighted by molar-refractivity contribution is -0.126. The number of fused-ring (bicyclic) bond motifs is 1. The van der Waals surface area contributed by atoms with Crippen molar-refractivity contribution in [2.45, 2.75) is 24.0 Å². The maximum absolute atomic E-state index is 13.8. The summed E-state index contributed by atoms with van der Waals surface area (Å²) >= 11 is 1.65. The van der Waals surface area contributed by atoms with Gasteiger partial charge in [0.05, 0.1) is 24.0 Å². The lowest BCUT2D eigenvalue weighted by Crippen LogP contribution is -2.37. The molecule has 2 fully saturated rings. The van der Waals surface area contributed by atoms with Crippen LogP contribution in [0.1, 0.15) is 18.5 Å². The summed E-state index contributed by atoms with van der Waals surface area (Å²) in [5, 5.41) is 1.71. The third-order valence-electron chi connectivity index (χ3n) is 5.99. The van der Waals surface area contributed by atoms with E-state index in [1.807, 2.05) is 73.8 Å². The fourth-order valence-electron chi connectivity index (χ4n) is 4.51. The number of carbonyl (C=O) groups excluding carboxylic acids is 2. The molecule has 0 N–H and O–H groups in total. The number of amides is 2. The molecule has 168 valence electrons. The van der Waals surface area contributed by atoms with Gasteiger partial charge in [-0.1, -0.05) is 42.5 Å². The number of carbonyl (C=O) groups is 2. The second-order valence-electron chi connectivity index (χ2n) is 7.84. The Kier molecular flexibility index (Phi) is 5.83. The number of hydrogen-bond acceptors (Lipinski definition) is 6. The Labute approximate surface area is 197 Å². The molecular weight excluding hydrogens is 436 g/mol. The Balaban J connectivity index is 1.57. The summed E-state index contributed by atoms with van der Waals surface area (Å²) in [6.45, 7) is 2.30. The SMILES string of the molecule is CCOc1ccccc1N1C(=O)[C@@H]2[C@@H](c3ccc(SC)cc3)N(c3ccccc3)O[C@H]2C1=O. The van der Waals surface area contributed by atoms with Crippen LogP contribution in [0.2, 0.25) is 0 Å². The first kappa shape index (κ1) is 21.6. The monoisotopic (exact) mass is 460 g/mol. The van der Waals surface area contributed by atoms with Gasteiger partial charge in [0.2, 0.25) is 5.91 Å². The number of imide groups is 1. The smallest absolute Gasteiger partial charge is 0.266 e. The predicted octanol–water partition coefficient (Wildman–Crippen LogP) is 4.86. The molecular formula is C26H24N2O4S. The van der Waals surface area contributed by atoms with Crippen molar-refractivity contribution in [1.82, 2.24) is 0 Å². The first-order valence-corrected chi connectivity index (χ1v) is 12.1. The number of anilines is 2. The number of nitrogens with zero attached hydrogens (tertiary/aromatic N) is 2. The highest BCUT2D eigenvalue weighted by atomic mass is 32.2. The van der Waals surface area contributed by atoms with Crippen molar-refractivity contribution in [2.75, 3.05) is 22.8 Å². The van der Waals surface area contributed by atoms with Crippen molar-refractivity contribution in [3.63, 3.8) is 0 Å². The Bertz CT molecular complexity index is 1170. The van der Waals surface area contributed by atoms with Gasteiger partial charge in [-0.2, -0.15) is 0 Å². The van der Waals surface area contributed by atoms with Crippen LogP contribution in [0.5, 0.6) is 5.75 Å². The molecule has 2 amide bonds. The van der Waals surface area contributed by atoms with E-state index in [4.69, 9.17) is 9.57 Å². The minimum Gasteiger partial charge on any atom is -0.492 e. The molecule has 7 heteroatoms. The van der Waals surface area contributed by atoms with Crippen molar-refractivity contribution in [2.24, 2.45) is 5.92 Å². The summed E-state index contributed by atoms with van der Waals surface area (Å²) in [4.78, 5) is 35.8. The molecule has 5 rings (SSSR count). The van der Waals surface area contributed by atoms with Crippen LogP contribution in [0.25, 0.3) is 0 Å². The summed E-state index contributed by atoms with van der Waals surface area (Å²) in [7, 11) is 0. The van der Waals surface area contributed by atoms with Gasteiger partial charge in [0.25, 0.3) is 5.91 Å². The summed E-state index contributed by atoms with van der Waals surface area (Å²) in [5.74, 6) is -0.828. The average molecular weight is 461 g/mol. The third kappa shape index (κ3) is 3.67. The van der Waals surface area contributed by atoms with Gasteiger partial charge in [0, 0.05) is 4.90 Å². The van der Waals surface area contributed by atoms with Crippen LogP contribution in [-0.4, -0.2) is 30.8 Å². The summed E-state index contributed by atoms with van der Waals surface area (Å²) in [6, 6.07) is 24.3. The molecule has 2 aliphatic heterocycles. The highest BCUT2D eigenvalue weighted by molar-refractivity contribution is 7.98. The third-order valence-corrected chi connectivity index (χ3v) is 6.73. The zero-order valence-electron chi connectivity index (χ0n) is 18.4. The highest BCUT2D eigenvalue weighted by Crippen LogP contribution is 2.48. The highest BCUT2D eigenvalue weighted by Gasteiger charge is 2.60. The zero-order valence-corrected chi connectivity index (χ0v) is 19.2. The van der Waals surface area contributed by atoms with Crippen molar-refractivity contribution >= 4 is 35.0 Å². The molecule has 6 nitrogen and oxygen atoms in total. The normalized spacial score (nSPS) is 22.1. The molecule has 0 bridgehead atoms. The van der Waals surface area contributed by atoms with Crippen LogP contribution < -0.4 is 14.7 Å². The fourth-order valence-corrected chi connectivity index (χ4v) is 4.92. The quantitative estimate of drug-likeness (QED) is 0.387. The van der Waals surface area contributed by atoms with Crippen LogP contribution in [0.3, 0.4) is 0 Å². The molecule has 33 heavy (non-hydrogen) atoms. The van der Waals surface area contributed by atoms with E-state index in [2.05, 4.69) is 0 Å². The first-order valence-electron chi connectivity index (χ1n) is 10.9. The lowest BCUT2D eigenvalue weighted by atomic mass is 9.90. The van der Waals surface area contributed by atoms with Crippen LogP contribution in [0, 0.1) is 5.92 Å². The standard InChI is InChI=1S/C26H24N2O4S/c1-3-31-21-12-8-7-11-20(21)27-25(29)22-23(17-13-15-19(33-2)16-14-17)28(32-24(22)26(27)30)18-9-5-4-6-10-18/h4-16,22-24H,3H2,1-2H3/t22-,23-,24-/m1/s1. The molecule has 0 radical (unpaired) electrons. The molecule has 2 saturated heterocycles. The molecule has 2 aliphatic rings. The zero-order chi connectivity index (χ0) is 22.9. The molecule has 0 unspecified atom stereocenters. The number of hydroxylamine groups is 1. The topological polar surface area (TPSA) is 59.1 Å². The Morgan fingerprint density at radius 3 is 2.30 bits per heavy atom. The number of ether oxygens (including phenoxy) is 1. The number of thioether (sulfide) groups is 1. The van der Waals surface area contributed by atoms with Gasteiger partial charge in [-0.25, -0.2) is 9.96 Å². The molecule has 0 saturated carbocycles. The minimum absolute atomic E-state index is 0.283. The lowest BCUT2D eigenvalue weighted by Gasteiger charge is -2.29. The van der Waals surface area contributed by atoms with E-state index in [1.165, 1.54) is 4.90 Å². The van der Waals surface area contributed by atoms with Crippen molar-refractivity contribution in [3.05, 3.63) is 84.4 Å². The van der Waals surface area contributed by atoms with Gasteiger partial charge in [-0.3, -0.25) is 14.4 Å². The van der Waals surface area contributed by atoms with Gasteiger partial charge < -0.3 is 4.74 Å². The molecule has 2 heterocycles. The van der Waals surface area contributed by atoms with Crippen molar-refractivity contribution < 1.29 is 19.2 Å². The first-order chi connectivity index (χ1) is 16.1. The molecule has 0 spiro atoms. The molecule has 0 aromatic heterocycles. The second-order valence-corrected chi connectivity index (χ2v) is 8.72. The van der Waals surface area contributed by atoms with Gasteiger partial charge in [0.15, 0.2) is 6.10 Å². The van der Waals surface area contributed by atoms with E-state index in [1.54, 1.807) is 35.0 Å². The number of rotatable bonds is 6. The average Bonchev–Trinajstić information content (AvgIpc) is 3.36. The fraction of sp³-hybridized carbons (Fsp3) is 0.231. The predicted molar refractivity (Wildman–Crippen MR) is 128 cm³/mol. The van der Waals surface area contributed by atoms with Crippen LogP contribution in [0.4, 0.5) is 11.4 Å². The van der Waals surface area contributed by atoms with E-state index in [-0.39, 0.29) is 11.8 Å². The second kappa shape index (κ2) is 8.92. The molecule has 3 aromatic carbocycles. The van der Waals surface area contributed by atoms with E-state index in [0.29, 0.717) is 18.0 Å². The number of hydrogen-bond donors (Lipinski definition) is 0. The van der Waals surface area contributed by atoms with Crippen molar-refractivity contribution in [3.8, 4) is 5.75 Å². The number of benzene rings is 3. The van der Waals surface area contributed by atoms with Crippen molar-refractivity contribution in [1.29, 1.82) is 0 Å². The minimum atomic E-state index is -0.905. The van der Waals surface area contributed by atoms with E-state index < -0.39 is 18.1 Å². The van der Waals surface area contributed by atoms with E-state index in [9.17, 15) is 9.59 Å². The van der Waals surface area contributed by atoms with Gasteiger partial charge >= 0.3 is 0 Å². The van der Waals surface area contributed by atoms with E-state index in [0.717, 1.165) is 16.1 Å². The Morgan fingerprint density at radius 2 is 1.61 bits per heavy atom. The molecule has 3 aromatic rings. The van der Waals surface area contributed by atoms with Crippen LogP contribution in [0.15, 0.2) is 83.8 Å². The van der Waals surface area contributed by atoms with Gasteiger partial charge in [0.1, 0.15) is 11.7 Å². The Hall–Kier alpha value is -3.29. The maximum atomic E-state index is 13.8. The van der Waals surface area contributed by atoms with Crippen LogP contribution in [-0.2, 0) is 14.4 Å². The largest absolute Gasteiger partial charge is 0.492 e. The molecule has 3 atom stereocenters. The maximum Gasteiger partial charge on any atom is 0.266 e. The Morgan fingerprint density at radius 1 is 0.909 bits per heavy atom. The summed E-state index contributed by atoms with van der Waals surface area (Å²) in [5.41, 5.74) is 2.17. The summed E-state index contributed by atoms with van der Waals surface area (Å²) < 4.78 is 5.70. The van der Waals surface area contributed by atoms with Crippen LogP contribution >= 0.6 is 11.8 Å². The van der Waals surface area contributed by atoms with Gasteiger partial charge in [-0.05, 0) is 55.1 Å². The van der Waals surface area contributed by atoms with E-state index >= 15 is 0 Å². The number of para-hydroxylation sites is 3. The molecule has 0 aliphatic carbocycles. The summed E-state index contributed by atoms with van der Waals surface area (Å²) in [6.07, 6.45) is 1.12.